The molecule has 0 bridgehead atoms. The van der Waals surface area contributed by atoms with E-state index in [2.05, 4.69) is 43.0 Å². The van der Waals surface area contributed by atoms with Gasteiger partial charge in [0.25, 0.3) is 0 Å². The zero-order chi connectivity index (χ0) is 11.9. The molecule has 0 radical (unpaired) electrons. The number of rotatable bonds is 3. The van der Waals surface area contributed by atoms with Crippen LogP contribution in [-0.4, -0.2) is 16.5 Å². The van der Waals surface area contributed by atoms with Crippen molar-refractivity contribution in [3.63, 3.8) is 0 Å². The van der Waals surface area contributed by atoms with Crippen LogP contribution in [0.5, 0.6) is 0 Å². The number of fused-ring (bicyclic) bond motifs is 1. The van der Waals surface area contributed by atoms with E-state index in [9.17, 15) is 0 Å². The van der Waals surface area contributed by atoms with E-state index in [1.165, 1.54) is 37.0 Å². The lowest BCUT2D eigenvalue weighted by atomic mass is 9.73. The first-order valence-electron chi connectivity index (χ1n) is 6.66. The molecule has 1 aliphatic carbocycles. The zero-order valence-electron chi connectivity index (χ0n) is 10.5. The normalized spacial score (nSPS) is 32.9. The van der Waals surface area contributed by atoms with E-state index >= 15 is 0 Å². The molecule has 1 aromatic rings. The van der Waals surface area contributed by atoms with Crippen molar-refractivity contribution in [1.29, 1.82) is 0 Å². The fraction of sp³-hybridized carbons (Fsp3) is 0.600. The average Bonchev–Trinajstić information content (AvgIpc) is 2.74. The fourth-order valence-corrected chi connectivity index (χ4v) is 4.58. The summed E-state index contributed by atoms with van der Waals surface area (Å²) in [5.74, 6) is 2.02. The Morgan fingerprint density at radius 3 is 3.00 bits per heavy atom. The molecule has 1 aromatic carbocycles. The van der Waals surface area contributed by atoms with E-state index in [-0.39, 0.29) is 0 Å². The molecule has 1 aliphatic heterocycles. The molecular weight excluding hydrogens is 226 g/mol. The van der Waals surface area contributed by atoms with Gasteiger partial charge in [0.1, 0.15) is 0 Å². The molecule has 3 unspecified atom stereocenters. The van der Waals surface area contributed by atoms with E-state index in [0.717, 1.165) is 5.92 Å². The van der Waals surface area contributed by atoms with Crippen molar-refractivity contribution < 1.29 is 0 Å². The fourth-order valence-electron chi connectivity index (χ4n) is 3.22. The summed E-state index contributed by atoms with van der Waals surface area (Å²) in [6, 6.07) is 9.18. The van der Waals surface area contributed by atoms with Gasteiger partial charge in [0.2, 0.25) is 0 Å². The summed E-state index contributed by atoms with van der Waals surface area (Å²) in [5.41, 5.74) is 9.55. The van der Waals surface area contributed by atoms with Gasteiger partial charge < -0.3 is 5.73 Å². The topological polar surface area (TPSA) is 26.0 Å². The predicted molar refractivity (Wildman–Crippen MR) is 75.6 cm³/mol. The van der Waals surface area contributed by atoms with Gasteiger partial charge in [-0.05, 0) is 55.4 Å². The van der Waals surface area contributed by atoms with Crippen molar-refractivity contribution in [3.8, 4) is 0 Å². The Kier molecular flexibility index (Phi) is 2.95. The highest BCUT2D eigenvalue weighted by Crippen LogP contribution is 2.45. The molecule has 1 heterocycles. The SMILES string of the molecule is CC1(C(N)CC2Cc3ccccc32)CCCS1. The van der Waals surface area contributed by atoms with Crippen LogP contribution >= 0.6 is 11.8 Å². The molecule has 0 saturated carbocycles. The lowest BCUT2D eigenvalue weighted by Crippen LogP contribution is -2.43. The van der Waals surface area contributed by atoms with Crippen LogP contribution in [0.1, 0.15) is 43.2 Å². The first-order valence-corrected chi connectivity index (χ1v) is 7.65. The third-order valence-corrected chi connectivity index (χ3v) is 6.19. The van der Waals surface area contributed by atoms with E-state index in [4.69, 9.17) is 5.73 Å². The van der Waals surface area contributed by atoms with Crippen LogP contribution in [0.2, 0.25) is 0 Å². The molecule has 17 heavy (non-hydrogen) atoms. The van der Waals surface area contributed by atoms with Crippen LogP contribution in [0, 0.1) is 0 Å². The lowest BCUT2D eigenvalue weighted by molar-refractivity contribution is 0.407. The Labute approximate surface area is 108 Å². The maximum absolute atomic E-state index is 6.46. The Hall–Kier alpha value is -0.470. The van der Waals surface area contributed by atoms with Gasteiger partial charge >= 0.3 is 0 Å². The second-order valence-corrected chi connectivity index (χ2v) is 7.34. The van der Waals surface area contributed by atoms with Crippen molar-refractivity contribution in [2.45, 2.75) is 49.3 Å². The largest absolute Gasteiger partial charge is 0.326 e. The highest BCUT2D eigenvalue weighted by atomic mass is 32.2. The van der Waals surface area contributed by atoms with Crippen LogP contribution in [0.4, 0.5) is 0 Å². The van der Waals surface area contributed by atoms with Gasteiger partial charge in [-0.1, -0.05) is 24.3 Å². The quantitative estimate of drug-likeness (QED) is 0.886. The van der Waals surface area contributed by atoms with Gasteiger partial charge in [0.05, 0.1) is 0 Å². The summed E-state index contributed by atoms with van der Waals surface area (Å²) >= 11 is 2.09. The molecule has 92 valence electrons. The third-order valence-electron chi connectivity index (χ3n) is 4.53. The number of hydrogen-bond acceptors (Lipinski definition) is 2. The second-order valence-electron chi connectivity index (χ2n) is 5.71. The van der Waals surface area contributed by atoms with Crippen LogP contribution in [-0.2, 0) is 6.42 Å². The zero-order valence-corrected chi connectivity index (χ0v) is 11.3. The van der Waals surface area contributed by atoms with Crippen LogP contribution in [0.3, 0.4) is 0 Å². The Balaban J connectivity index is 1.66. The number of nitrogens with two attached hydrogens (primary N) is 1. The minimum Gasteiger partial charge on any atom is -0.326 e. The Bertz CT molecular complexity index is 409. The van der Waals surface area contributed by atoms with E-state index in [1.807, 2.05) is 0 Å². The van der Waals surface area contributed by atoms with E-state index in [1.54, 1.807) is 5.56 Å². The van der Waals surface area contributed by atoms with Crippen molar-refractivity contribution in [2.75, 3.05) is 5.75 Å². The standard InChI is InChI=1S/C15H21NS/c1-15(7-4-8-17-15)14(16)10-12-9-11-5-2-3-6-13(11)12/h2-3,5-6,12,14H,4,7-10,16H2,1H3. The number of hydrogen-bond donors (Lipinski definition) is 1. The van der Waals surface area contributed by atoms with Crippen molar-refractivity contribution >= 4 is 11.8 Å². The number of benzene rings is 1. The number of thioether (sulfide) groups is 1. The summed E-state index contributed by atoms with van der Waals surface area (Å²) < 4.78 is 0.338. The molecule has 2 N–H and O–H groups in total. The predicted octanol–water partition coefficient (Wildman–Crippen LogP) is 3.33. The minimum absolute atomic E-state index is 0.338. The highest BCUT2D eigenvalue weighted by Gasteiger charge is 2.38. The Morgan fingerprint density at radius 2 is 2.29 bits per heavy atom. The third kappa shape index (κ3) is 2.02. The molecule has 3 atom stereocenters. The second kappa shape index (κ2) is 4.33. The van der Waals surface area contributed by atoms with E-state index < -0.39 is 0 Å². The smallest absolute Gasteiger partial charge is 0.0283 e. The molecule has 0 amide bonds. The molecule has 2 heteroatoms. The minimum atomic E-state index is 0.338. The molecule has 1 saturated heterocycles. The lowest BCUT2D eigenvalue weighted by Gasteiger charge is -2.37. The molecule has 1 fully saturated rings. The maximum Gasteiger partial charge on any atom is 0.0283 e. The molecule has 1 nitrogen and oxygen atoms in total. The summed E-state index contributed by atoms with van der Waals surface area (Å²) in [6.07, 6.45) is 5.05. The molecule has 2 aliphatic rings. The first kappa shape index (κ1) is 11.6. The summed E-state index contributed by atoms with van der Waals surface area (Å²) in [5, 5.41) is 0. The maximum atomic E-state index is 6.46. The van der Waals surface area contributed by atoms with Gasteiger partial charge in [-0.15, -0.1) is 0 Å². The molecule has 3 rings (SSSR count). The first-order chi connectivity index (χ1) is 8.19. The van der Waals surface area contributed by atoms with Crippen LogP contribution in [0.25, 0.3) is 0 Å². The molecule has 0 spiro atoms. The van der Waals surface area contributed by atoms with Crippen LogP contribution < -0.4 is 5.73 Å². The van der Waals surface area contributed by atoms with E-state index in [0.29, 0.717) is 10.8 Å². The van der Waals surface area contributed by atoms with Crippen molar-refractivity contribution in [1.82, 2.24) is 0 Å². The summed E-state index contributed by atoms with van der Waals surface area (Å²) in [4.78, 5) is 0. The van der Waals surface area contributed by atoms with Gasteiger partial charge in [-0.2, -0.15) is 11.8 Å². The van der Waals surface area contributed by atoms with Gasteiger partial charge in [-0.25, -0.2) is 0 Å². The van der Waals surface area contributed by atoms with Crippen molar-refractivity contribution in [3.05, 3.63) is 35.4 Å². The van der Waals surface area contributed by atoms with Gasteiger partial charge in [-0.3, -0.25) is 0 Å². The van der Waals surface area contributed by atoms with Crippen molar-refractivity contribution in [2.24, 2.45) is 5.73 Å². The molecule has 0 aromatic heterocycles. The summed E-state index contributed by atoms with van der Waals surface area (Å²) in [6.45, 7) is 2.36. The monoisotopic (exact) mass is 247 g/mol. The van der Waals surface area contributed by atoms with Crippen LogP contribution in [0.15, 0.2) is 24.3 Å². The van der Waals surface area contributed by atoms with Gasteiger partial charge in [0.15, 0.2) is 0 Å². The summed E-state index contributed by atoms with van der Waals surface area (Å²) in [7, 11) is 0. The molecular formula is C15H21NS. The average molecular weight is 247 g/mol. The highest BCUT2D eigenvalue weighted by molar-refractivity contribution is 8.00. The van der Waals surface area contributed by atoms with Gasteiger partial charge in [0, 0.05) is 10.8 Å². The Morgan fingerprint density at radius 1 is 1.47 bits per heavy atom.